The standard InChI is InChI=1S/C9H10ClN3S2/c1-4(11)7-5(2)13-9(15-7)8-12-3-6(10)14-8/h3-4H,11H2,1-2H3. The third-order valence-electron chi connectivity index (χ3n) is 1.91. The Balaban J connectivity index is 2.42. The summed E-state index contributed by atoms with van der Waals surface area (Å²) in [6.45, 7) is 3.92. The molecule has 0 amide bonds. The molecule has 1 unspecified atom stereocenters. The molecule has 0 saturated heterocycles. The Morgan fingerprint density at radius 1 is 1.40 bits per heavy atom. The second-order valence-electron chi connectivity index (χ2n) is 3.23. The fourth-order valence-electron chi connectivity index (χ4n) is 1.28. The third kappa shape index (κ3) is 2.20. The Kier molecular flexibility index (Phi) is 3.06. The second-order valence-corrected chi connectivity index (χ2v) is 5.92. The van der Waals surface area contributed by atoms with E-state index in [1.54, 1.807) is 17.5 Å². The van der Waals surface area contributed by atoms with Crippen LogP contribution in [0.2, 0.25) is 4.34 Å². The molecule has 0 aliphatic carbocycles. The zero-order valence-corrected chi connectivity index (χ0v) is 10.7. The number of aryl methyl sites for hydroxylation is 1. The van der Waals surface area contributed by atoms with Crippen LogP contribution in [0.1, 0.15) is 23.5 Å². The van der Waals surface area contributed by atoms with E-state index in [9.17, 15) is 0 Å². The molecule has 0 fully saturated rings. The summed E-state index contributed by atoms with van der Waals surface area (Å²) in [5, 5.41) is 1.76. The highest BCUT2D eigenvalue weighted by Crippen LogP contribution is 2.34. The molecule has 0 saturated carbocycles. The first-order valence-corrected chi connectivity index (χ1v) is 6.43. The maximum absolute atomic E-state index is 5.84. The SMILES string of the molecule is Cc1nc(-c2ncc(Cl)s2)sc1C(C)N. The van der Waals surface area contributed by atoms with Gasteiger partial charge in [-0.25, -0.2) is 9.97 Å². The zero-order chi connectivity index (χ0) is 11.0. The van der Waals surface area contributed by atoms with Gasteiger partial charge in [0.25, 0.3) is 0 Å². The van der Waals surface area contributed by atoms with Crippen molar-refractivity contribution in [3.8, 4) is 10.0 Å². The van der Waals surface area contributed by atoms with E-state index in [4.69, 9.17) is 17.3 Å². The lowest BCUT2D eigenvalue weighted by Crippen LogP contribution is -2.03. The van der Waals surface area contributed by atoms with Gasteiger partial charge in [0.2, 0.25) is 0 Å². The third-order valence-corrected chi connectivity index (χ3v) is 4.52. The minimum Gasteiger partial charge on any atom is -0.323 e. The number of nitrogens with zero attached hydrogens (tertiary/aromatic N) is 2. The number of halogens is 1. The molecule has 6 heteroatoms. The van der Waals surface area contributed by atoms with Gasteiger partial charge in [0.15, 0.2) is 10.0 Å². The summed E-state index contributed by atoms with van der Waals surface area (Å²) < 4.78 is 0.681. The van der Waals surface area contributed by atoms with Crippen molar-refractivity contribution in [1.29, 1.82) is 0 Å². The first-order chi connectivity index (χ1) is 7.08. The molecule has 0 radical (unpaired) electrons. The summed E-state index contributed by atoms with van der Waals surface area (Å²) >= 11 is 8.85. The van der Waals surface area contributed by atoms with E-state index in [0.29, 0.717) is 4.34 Å². The average molecular weight is 260 g/mol. The summed E-state index contributed by atoms with van der Waals surface area (Å²) in [4.78, 5) is 9.74. The summed E-state index contributed by atoms with van der Waals surface area (Å²) in [6, 6.07) is 0.0201. The quantitative estimate of drug-likeness (QED) is 0.901. The Hall–Kier alpha value is -0.490. The Bertz CT molecular complexity index is 475. The maximum Gasteiger partial charge on any atom is 0.153 e. The number of rotatable bonds is 2. The van der Waals surface area contributed by atoms with Crippen molar-refractivity contribution in [2.45, 2.75) is 19.9 Å². The van der Waals surface area contributed by atoms with Gasteiger partial charge < -0.3 is 5.73 Å². The smallest absolute Gasteiger partial charge is 0.153 e. The molecular formula is C9H10ClN3S2. The largest absolute Gasteiger partial charge is 0.323 e. The molecule has 0 aliphatic rings. The van der Waals surface area contributed by atoms with E-state index in [1.807, 2.05) is 13.8 Å². The van der Waals surface area contributed by atoms with E-state index in [1.165, 1.54) is 11.3 Å². The lowest BCUT2D eigenvalue weighted by molar-refractivity contribution is 0.825. The van der Waals surface area contributed by atoms with Gasteiger partial charge in [-0.15, -0.1) is 11.3 Å². The van der Waals surface area contributed by atoms with Crippen LogP contribution in [0.3, 0.4) is 0 Å². The first-order valence-electron chi connectivity index (χ1n) is 4.42. The Morgan fingerprint density at radius 2 is 2.13 bits per heavy atom. The number of hydrogen-bond donors (Lipinski definition) is 1. The van der Waals surface area contributed by atoms with E-state index in [0.717, 1.165) is 20.6 Å². The molecular weight excluding hydrogens is 250 g/mol. The van der Waals surface area contributed by atoms with Crippen LogP contribution < -0.4 is 5.73 Å². The fraction of sp³-hybridized carbons (Fsp3) is 0.333. The lowest BCUT2D eigenvalue weighted by Gasteiger charge is -1.99. The predicted molar refractivity (Wildman–Crippen MR) is 65.6 cm³/mol. The van der Waals surface area contributed by atoms with E-state index in [-0.39, 0.29) is 6.04 Å². The van der Waals surface area contributed by atoms with Gasteiger partial charge in [0.1, 0.15) is 4.34 Å². The van der Waals surface area contributed by atoms with Crippen LogP contribution in [0, 0.1) is 6.92 Å². The molecule has 0 bridgehead atoms. The topological polar surface area (TPSA) is 51.8 Å². The summed E-state index contributed by atoms with van der Waals surface area (Å²) in [5.41, 5.74) is 6.82. The minimum atomic E-state index is 0.0201. The van der Waals surface area contributed by atoms with Gasteiger partial charge in [-0.05, 0) is 13.8 Å². The number of aromatic nitrogens is 2. The van der Waals surface area contributed by atoms with Crippen LogP contribution in [-0.2, 0) is 0 Å². The molecule has 2 rings (SSSR count). The van der Waals surface area contributed by atoms with Crippen molar-refractivity contribution >= 4 is 34.3 Å². The molecule has 0 aliphatic heterocycles. The van der Waals surface area contributed by atoms with Gasteiger partial charge in [0, 0.05) is 10.9 Å². The van der Waals surface area contributed by atoms with Crippen molar-refractivity contribution in [1.82, 2.24) is 9.97 Å². The highest BCUT2D eigenvalue weighted by atomic mass is 35.5. The number of hydrogen-bond acceptors (Lipinski definition) is 5. The van der Waals surface area contributed by atoms with Crippen molar-refractivity contribution < 1.29 is 0 Å². The van der Waals surface area contributed by atoms with Crippen LogP contribution in [0.15, 0.2) is 6.20 Å². The summed E-state index contributed by atoms with van der Waals surface area (Å²) in [5.74, 6) is 0. The molecule has 15 heavy (non-hydrogen) atoms. The van der Waals surface area contributed by atoms with E-state index in [2.05, 4.69) is 9.97 Å². The van der Waals surface area contributed by atoms with Gasteiger partial charge in [0.05, 0.1) is 11.9 Å². The zero-order valence-electron chi connectivity index (χ0n) is 8.32. The number of nitrogens with two attached hydrogens (primary N) is 1. The molecule has 1 atom stereocenters. The Labute approximate surface area is 101 Å². The minimum absolute atomic E-state index is 0.0201. The van der Waals surface area contributed by atoms with Crippen LogP contribution in [0.5, 0.6) is 0 Å². The lowest BCUT2D eigenvalue weighted by atomic mass is 10.2. The van der Waals surface area contributed by atoms with Gasteiger partial charge in [-0.2, -0.15) is 0 Å². The van der Waals surface area contributed by atoms with Crippen molar-refractivity contribution in [2.75, 3.05) is 0 Å². The molecule has 0 aromatic carbocycles. The molecule has 3 nitrogen and oxygen atoms in total. The van der Waals surface area contributed by atoms with Gasteiger partial charge in [-0.3, -0.25) is 0 Å². The normalized spacial score (nSPS) is 13.1. The van der Waals surface area contributed by atoms with Crippen molar-refractivity contribution in [2.24, 2.45) is 5.73 Å². The molecule has 80 valence electrons. The Morgan fingerprint density at radius 3 is 2.60 bits per heavy atom. The first kappa shape index (κ1) is 11.0. The van der Waals surface area contributed by atoms with E-state index >= 15 is 0 Å². The highest BCUT2D eigenvalue weighted by Gasteiger charge is 2.14. The molecule has 2 aromatic heterocycles. The molecule has 2 heterocycles. The van der Waals surface area contributed by atoms with Crippen molar-refractivity contribution in [3.63, 3.8) is 0 Å². The van der Waals surface area contributed by atoms with Crippen LogP contribution in [0.25, 0.3) is 10.0 Å². The summed E-state index contributed by atoms with van der Waals surface area (Å²) in [6.07, 6.45) is 1.64. The van der Waals surface area contributed by atoms with Crippen LogP contribution in [-0.4, -0.2) is 9.97 Å². The highest BCUT2D eigenvalue weighted by molar-refractivity contribution is 7.23. The van der Waals surface area contributed by atoms with E-state index < -0.39 is 0 Å². The average Bonchev–Trinajstić information content (AvgIpc) is 2.71. The summed E-state index contributed by atoms with van der Waals surface area (Å²) in [7, 11) is 0. The number of thiazole rings is 2. The van der Waals surface area contributed by atoms with Crippen LogP contribution in [0.4, 0.5) is 0 Å². The predicted octanol–water partition coefficient (Wildman–Crippen LogP) is 3.25. The maximum atomic E-state index is 5.84. The molecule has 0 spiro atoms. The monoisotopic (exact) mass is 259 g/mol. The molecule has 2 aromatic rings. The van der Waals surface area contributed by atoms with Gasteiger partial charge in [-0.1, -0.05) is 22.9 Å². The fourth-order valence-corrected chi connectivity index (χ4v) is 3.23. The second kappa shape index (κ2) is 4.17. The van der Waals surface area contributed by atoms with Crippen molar-refractivity contribution in [3.05, 3.63) is 21.1 Å². The molecule has 2 N–H and O–H groups in total. The van der Waals surface area contributed by atoms with Crippen LogP contribution >= 0.6 is 34.3 Å². The van der Waals surface area contributed by atoms with Gasteiger partial charge >= 0.3 is 0 Å².